The molecule has 12 heteroatoms. The van der Waals surface area contributed by atoms with Crippen LogP contribution >= 0.6 is 24.8 Å². The van der Waals surface area contributed by atoms with Crippen LogP contribution in [0.2, 0.25) is 0 Å². The lowest BCUT2D eigenvalue weighted by Gasteiger charge is -2.33. The van der Waals surface area contributed by atoms with Gasteiger partial charge in [0.2, 0.25) is 0 Å². The Morgan fingerprint density at radius 3 is 2.81 bits per heavy atom. The van der Waals surface area contributed by atoms with Crippen molar-refractivity contribution in [2.45, 2.75) is 31.5 Å². The lowest BCUT2D eigenvalue weighted by atomic mass is 10.0. The summed E-state index contributed by atoms with van der Waals surface area (Å²) in [6.07, 6.45) is 1.97. The monoisotopic (exact) mass is 553 g/mol. The van der Waals surface area contributed by atoms with Crippen LogP contribution in [0.3, 0.4) is 0 Å². The summed E-state index contributed by atoms with van der Waals surface area (Å²) in [6.45, 7) is 2.49. The number of nitrogens with one attached hydrogen (secondary N) is 2. The third-order valence-electron chi connectivity index (χ3n) is 6.52. The Kier molecular flexibility index (Phi) is 9.86. The van der Waals surface area contributed by atoms with Crippen molar-refractivity contribution >= 4 is 47.4 Å². The van der Waals surface area contributed by atoms with Gasteiger partial charge in [-0.25, -0.2) is 9.37 Å². The largest absolute Gasteiger partial charge is 0.497 e. The number of likely N-dealkylation sites (tertiary alicyclic amines) is 1. The van der Waals surface area contributed by atoms with Crippen molar-refractivity contribution in [1.29, 1.82) is 0 Å². The van der Waals surface area contributed by atoms with Gasteiger partial charge in [0.1, 0.15) is 11.6 Å². The number of carbonyl (C=O) groups is 1. The van der Waals surface area contributed by atoms with Gasteiger partial charge in [0.15, 0.2) is 18.2 Å². The topological polar surface area (TPSA) is 109 Å². The van der Waals surface area contributed by atoms with Crippen molar-refractivity contribution in [3.63, 3.8) is 0 Å². The van der Waals surface area contributed by atoms with Gasteiger partial charge in [-0.2, -0.15) is 0 Å². The molecule has 1 saturated heterocycles. The summed E-state index contributed by atoms with van der Waals surface area (Å²) in [4.78, 5) is 22.3. The van der Waals surface area contributed by atoms with Crippen molar-refractivity contribution in [2.75, 3.05) is 38.7 Å². The Morgan fingerprint density at radius 1 is 1.27 bits per heavy atom. The summed E-state index contributed by atoms with van der Waals surface area (Å²) in [5.41, 5.74) is 1.69. The lowest BCUT2D eigenvalue weighted by Crippen LogP contribution is -2.43. The van der Waals surface area contributed by atoms with Gasteiger partial charge in [-0.3, -0.25) is 9.78 Å². The second kappa shape index (κ2) is 12.7. The number of rotatable bonds is 7. The zero-order valence-corrected chi connectivity index (χ0v) is 21.9. The lowest BCUT2D eigenvalue weighted by molar-refractivity contribution is -0.118. The molecule has 37 heavy (non-hydrogen) atoms. The summed E-state index contributed by atoms with van der Waals surface area (Å²) in [5.74, 6) is 0.904. The number of anilines is 1. The van der Waals surface area contributed by atoms with E-state index in [-0.39, 0.29) is 42.9 Å². The predicted molar refractivity (Wildman–Crippen MR) is 142 cm³/mol. The van der Waals surface area contributed by atoms with Crippen LogP contribution < -0.4 is 20.1 Å². The summed E-state index contributed by atoms with van der Waals surface area (Å²) >= 11 is 0. The molecule has 1 atom stereocenters. The van der Waals surface area contributed by atoms with Crippen LogP contribution in [0.25, 0.3) is 10.9 Å². The Hall–Kier alpha value is -2.76. The van der Waals surface area contributed by atoms with Crippen molar-refractivity contribution in [3.8, 4) is 11.5 Å². The molecule has 2 aliphatic rings. The SMILES string of the molecule is COc1ccc2ncc(F)c(C(O)CN3CCC(NCc4ccc5c(n4)NC(=O)CO5)CC3)c2c1.Cl.Cl. The van der Waals surface area contributed by atoms with Gasteiger partial charge in [0.05, 0.1) is 30.6 Å². The Bertz CT molecular complexity index is 1240. The number of ether oxygens (including phenoxy) is 2. The normalized spacial score (nSPS) is 16.6. The maximum absolute atomic E-state index is 14.7. The minimum absolute atomic E-state index is 0. The van der Waals surface area contributed by atoms with Gasteiger partial charge in [0, 0.05) is 30.1 Å². The van der Waals surface area contributed by atoms with E-state index in [1.165, 1.54) is 0 Å². The molecule has 4 heterocycles. The molecule has 0 saturated carbocycles. The predicted octanol–water partition coefficient (Wildman–Crippen LogP) is 3.24. The molecule has 1 fully saturated rings. The summed E-state index contributed by atoms with van der Waals surface area (Å²) in [5, 5.41) is 17.7. The molecule has 1 aromatic carbocycles. The van der Waals surface area contributed by atoms with Crippen LogP contribution in [0.1, 0.15) is 30.2 Å². The number of amides is 1. The Labute approximate surface area is 226 Å². The summed E-state index contributed by atoms with van der Waals surface area (Å²) in [7, 11) is 1.55. The van der Waals surface area contributed by atoms with E-state index < -0.39 is 11.9 Å². The van der Waals surface area contributed by atoms with Crippen LogP contribution in [-0.2, 0) is 11.3 Å². The summed E-state index contributed by atoms with van der Waals surface area (Å²) in [6, 6.07) is 9.25. The van der Waals surface area contributed by atoms with Gasteiger partial charge in [-0.05, 0) is 56.3 Å². The van der Waals surface area contributed by atoms with Crippen LogP contribution in [0.4, 0.5) is 10.2 Å². The number of aliphatic hydroxyl groups excluding tert-OH is 1. The molecule has 0 aliphatic carbocycles. The van der Waals surface area contributed by atoms with E-state index in [0.29, 0.717) is 47.4 Å². The van der Waals surface area contributed by atoms with Crippen molar-refractivity contribution in [2.24, 2.45) is 0 Å². The third kappa shape index (κ3) is 6.58. The van der Waals surface area contributed by atoms with Crippen LogP contribution in [0.15, 0.2) is 36.5 Å². The number of carbonyl (C=O) groups excluding carboxylic acids is 1. The van der Waals surface area contributed by atoms with E-state index in [4.69, 9.17) is 9.47 Å². The average Bonchev–Trinajstić information content (AvgIpc) is 2.87. The summed E-state index contributed by atoms with van der Waals surface area (Å²) < 4.78 is 25.3. The molecule has 2 aliphatic heterocycles. The smallest absolute Gasteiger partial charge is 0.263 e. The Morgan fingerprint density at radius 2 is 2.05 bits per heavy atom. The number of methoxy groups -OCH3 is 1. The van der Waals surface area contributed by atoms with Crippen LogP contribution in [0.5, 0.6) is 11.5 Å². The number of nitrogens with zero attached hydrogens (tertiary/aromatic N) is 3. The molecule has 200 valence electrons. The second-order valence-corrected chi connectivity index (χ2v) is 8.86. The van der Waals surface area contributed by atoms with Crippen LogP contribution in [0, 0.1) is 5.82 Å². The first-order chi connectivity index (χ1) is 17.0. The van der Waals surface area contributed by atoms with Gasteiger partial charge < -0.3 is 30.1 Å². The number of aromatic nitrogens is 2. The molecular formula is C25H30Cl2FN5O4. The number of benzene rings is 1. The van der Waals surface area contributed by atoms with Gasteiger partial charge >= 0.3 is 0 Å². The van der Waals surface area contributed by atoms with Gasteiger partial charge in [-0.15, -0.1) is 24.8 Å². The fourth-order valence-electron chi connectivity index (χ4n) is 4.64. The number of piperidine rings is 1. The number of pyridine rings is 2. The first kappa shape index (κ1) is 28.8. The highest BCUT2D eigenvalue weighted by molar-refractivity contribution is 5.94. The van der Waals surface area contributed by atoms with Gasteiger partial charge in [-0.1, -0.05) is 0 Å². The zero-order valence-electron chi connectivity index (χ0n) is 20.3. The second-order valence-electron chi connectivity index (χ2n) is 8.86. The number of hydrogen-bond acceptors (Lipinski definition) is 8. The number of aliphatic hydroxyl groups is 1. The van der Waals surface area contributed by atoms with E-state index in [1.807, 2.05) is 12.1 Å². The zero-order chi connectivity index (χ0) is 24.4. The highest BCUT2D eigenvalue weighted by Gasteiger charge is 2.25. The Balaban J connectivity index is 0.00000190. The average molecular weight is 554 g/mol. The highest BCUT2D eigenvalue weighted by atomic mass is 35.5. The van der Waals surface area contributed by atoms with Crippen LogP contribution in [-0.4, -0.2) is 65.3 Å². The number of halogens is 3. The molecule has 0 radical (unpaired) electrons. The molecule has 1 unspecified atom stereocenters. The standard InChI is InChI=1S/C25H28FN5O4.2ClH/c1-34-17-3-4-20-18(10-17)24(19(26)12-28-20)21(32)13-31-8-6-15(7-9-31)27-11-16-2-5-22-25(29-16)30-23(33)14-35-22;;/h2-5,10,12,15,21,27,32H,6-9,11,13-14H2,1H3,(H,29,30,33);2*1H. The van der Waals surface area contributed by atoms with E-state index in [2.05, 4.69) is 25.5 Å². The maximum Gasteiger partial charge on any atom is 0.263 e. The number of fused-ring (bicyclic) bond motifs is 2. The van der Waals surface area contributed by atoms with E-state index >= 15 is 0 Å². The fourth-order valence-corrected chi connectivity index (χ4v) is 4.64. The molecule has 3 N–H and O–H groups in total. The minimum atomic E-state index is -0.978. The van der Waals surface area contributed by atoms with Crippen molar-refractivity contribution in [1.82, 2.24) is 20.2 Å². The van der Waals surface area contributed by atoms with E-state index in [9.17, 15) is 14.3 Å². The van der Waals surface area contributed by atoms with Gasteiger partial charge in [0.25, 0.3) is 5.91 Å². The molecule has 5 rings (SSSR count). The molecule has 0 bridgehead atoms. The first-order valence-electron chi connectivity index (χ1n) is 11.7. The van der Waals surface area contributed by atoms with Crippen molar-refractivity contribution < 1.29 is 23.8 Å². The number of β-amino-alcohol motifs (C(OH)–C–C–N with tert-alkyl or cyclic N) is 1. The molecule has 2 aromatic heterocycles. The molecular weight excluding hydrogens is 524 g/mol. The highest BCUT2D eigenvalue weighted by Crippen LogP contribution is 2.30. The quantitative estimate of drug-likeness (QED) is 0.409. The third-order valence-corrected chi connectivity index (χ3v) is 6.52. The van der Waals surface area contributed by atoms with E-state index in [1.54, 1.807) is 25.3 Å². The van der Waals surface area contributed by atoms with E-state index in [0.717, 1.165) is 37.8 Å². The fraction of sp³-hybridized carbons (Fsp3) is 0.400. The molecule has 1 amide bonds. The minimum Gasteiger partial charge on any atom is -0.497 e. The molecule has 0 spiro atoms. The van der Waals surface area contributed by atoms with Crippen molar-refractivity contribution in [3.05, 3.63) is 53.6 Å². The molecule has 9 nitrogen and oxygen atoms in total. The first-order valence-corrected chi connectivity index (χ1v) is 11.7. The molecule has 3 aromatic rings. The number of hydrogen-bond donors (Lipinski definition) is 3. The maximum atomic E-state index is 14.7.